The molecule has 8 heteroatoms. The largest absolute Gasteiger partial charge is 0.353 e. The van der Waals surface area contributed by atoms with Crippen molar-refractivity contribution < 1.29 is 4.79 Å². The van der Waals surface area contributed by atoms with Gasteiger partial charge in [-0.3, -0.25) is 14.3 Å². The van der Waals surface area contributed by atoms with Crippen molar-refractivity contribution in [2.75, 3.05) is 18.8 Å². The van der Waals surface area contributed by atoms with Crippen LogP contribution in [-0.2, 0) is 17.9 Å². The number of carbonyl (C=O) groups is 1. The van der Waals surface area contributed by atoms with Crippen LogP contribution in [0.25, 0.3) is 0 Å². The average Bonchev–Trinajstić information content (AvgIpc) is 3.14. The summed E-state index contributed by atoms with van der Waals surface area (Å²) in [6.07, 6.45) is 1.90. The first kappa shape index (κ1) is 21.4. The Hall–Kier alpha value is -2.84. The Kier molecular flexibility index (Phi) is 7.22. The van der Waals surface area contributed by atoms with Gasteiger partial charge in [-0.05, 0) is 24.0 Å². The van der Waals surface area contributed by atoms with Gasteiger partial charge in [-0.25, -0.2) is 9.89 Å². The Bertz CT molecular complexity index is 1030. The lowest BCUT2D eigenvalue weighted by Crippen LogP contribution is -2.44. The minimum absolute atomic E-state index is 0.0202. The number of carbonyl (C=O) groups excluding carboxylic acids is 1. The first-order chi connectivity index (χ1) is 15.2. The van der Waals surface area contributed by atoms with Crippen LogP contribution in [0.2, 0.25) is 0 Å². The lowest BCUT2D eigenvalue weighted by molar-refractivity contribution is -0.119. The van der Waals surface area contributed by atoms with Crippen LogP contribution in [-0.4, -0.2) is 50.5 Å². The summed E-state index contributed by atoms with van der Waals surface area (Å²) in [6.45, 7) is 3.33. The van der Waals surface area contributed by atoms with E-state index in [1.807, 2.05) is 36.4 Å². The first-order valence-electron chi connectivity index (χ1n) is 10.5. The van der Waals surface area contributed by atoms with Crippen LogP contribution in [0.4, 0.5) is 0 Å². The molecular formula is C23H27N5O2S. The van der Waals surface area contributed by atoms with Crippen LogP contribution in [0, 0.1) is 0 Å². The third kappa shape index (κ3) is 6.08. The summed E-state index contributed by atoms with van der Waals surface area (Å²) in [6, 6.07) is 20.4. The van der Waals surface area contributed by atoms with Crippen LogP contribution >= 0.6 is 11.8 Å². The molecule has 2 N–H and O–H groups in total. The zero-order valence-electron chi connectivity index (χ0n) is 17.4. The molecule has 1 fully saturated rings. The van der Waals surface area contributed by atoms with E-state index in [9.17, 15) is 9.59 Å². The van der Waals surface area contributed by atoms with Gasteiger partial charge in [0.25, 0.3) is 0 Å². The van der Waals surface area contributed by atoms with Gasteiger partial charge in [0.15, 0.2) is 5.16 Å². The van der Waals surface area contributed by atoms with Crippen molar-refractivity contribution in [3.63, 3.8) is 0 Å². The lowest BCUT2D eigenvalue weighted by atomic mass is 10.0. The zero-order chi connectivity index (χ0) is 21.5. The number of rotatable bonds is 8. The van der Waals surface area contributed by atoms with Gasteiger partial charge in [0.2, 0.25) is 5.91 Å². The number of aromatic amines is 1. The number of H-pyrrole nitrogens is 1. The van der Waals surface area contributed by atoms with Gasteiger partial charge in [0.1, 0.15) is 0 Å². The molecule has 1 saturated heterocycles. The molecule has 2 aromatic carbocycles. The third-order valence-corrected chi connectivity index (χ3v) is 6.42. The van der Waals surface area contributed by atoms with Gasteiger partial charge in [-0.2, -0.15) is 0 Å². The Morgan fingerprint density at radius 2 is 1.61 bits per heavy atom. The van der Waals surface area contributed by atoms with Crippen molar-refractivity contribution >= 4 is 17.7 Å². The molecule has 0 saturated carbocycles. The molecule has 4 rings (SSSR count). The Morgan fingerprint density at radius 3 is 2.26 bits per heavy atom. The second-order valence-electron chi connectivity index (χ2n) is 7.78. The number of amides is 1. The number of piperidine rings is 1. The number of benzene rings is 2. The minimum atomic E-state index is -0.266. The molecule has 7 nitrogen and oxygen atoms in total. The Morgan fingerprint density at radius 1 is 1.00 bits per heavy atom. The van der Waals surface area contributed by atoms with Gasteiger partial charge in [0, 0.05) is 25.7 Å². The predicted molar refractivity (Wildman–Crippen MR) is 122 cm³/mol. The Labute approximate surface area is 185 Å². The van der Waals surface area contributed by atoms with Crippen LogP contribution in [0.3, 0.4) is 0 Å². The molecule has 1 amide bonds. The Balaban J connectivity index is 1.23. The maximum atomic E-state index is 12.5. The summed E-state index contributed by atoms with van der Waals surface area (Å²) >= 11 is 1.28. The molecule has 0 atom stereocenters. The fourth-order valence-corrected chi connectivity index (χ4v) is 4.55. The molecule has 1 aliphatic rings. The number of nitrogens with one attached hydrogen (secondary N) is 2. The summed E-state index contributed by atoms with van der Waals surface area (Å²) < 4.78 is 1.56. The van der Waals surface area contributed by atoms with Gasteiger partial charge in [-0.1, -0.05) is 72.4 Å². The first-order valence-corrected chi connectivity index (χ1v) is 11.5. The molecule has 31 heavy (non-hydrogen) atoms. The van der Waals surface area contributed by atoms with Crippen molar-refractivity contribution in [3.8, 4) is 0 Å². The molecule has 1 aromatic heterocycles. The molecule has 2 heterocycles. The predicted octanol–water partition coefficient (Wildman–Crippen LogP) is 2.49. The van der Waals surface area contributed by atoms with Crippen LogP contribution in [0.1, 0.15) is 24.0 Å². The van der Waals surface area contributed by atoms with Crippen LogP contribution in [0.15, 0.2) is 70.6 Å². The van der Waals surface area contributed by atoms with E-state index >= 15 is 0 Å². The third-order valence-electron chi connectivity index (χ3n) is 5.44. The molecule has 1 aliphatic heterocycles. The van der Waals surface area contributed by atoms with Crippen molar-refractivity contribution in [3.05, 3.63) is 82.3 Å². The standard InChI is InChI=1S/C23H27N5O2S/c29-21(24-20-11-13-27(14-12-20)15-18-7-3-1-4-8-18)17-31-23-26-25-22(30)28(23)16-19-9-5-2-6-10-19/h1-10,20H,11-17H2,(H,24,29)(H,25,30). The molecule has 0 bridgehead atoms. The number of thioether (sulfide) groups is 1. The van der Waals surface area contributed by atoms with Crippen molar-refractivity contribution in [1.29, 1.82) is 0 Å². The maximum absolute atomic E-state index is 12.5. The molecule has 162 valence electrons. The monoisotopic (exact) mass is 437 g/mol. The second kappa shape index (κ2) is 10.5. The topological polar surface area (TPSA) is 83.0 Å². The number of hydrogen-bond donors (Lipinski definition) is 2. The highest BCUT2D eigenvalue weighted by Gasteiger charge is 2.21. The summed E-state index contributed by atoms with van der Waals surface area (Å²) in [5, 5.41) is 10.2. The number of aromatic nitrogens is 3. The van der Waals surface area contributed by atoms with Crippen molar-refractivity contribution in [1.82, 2.24) is 25.0 Å². The highest BCUT2D eigenvalue weighted by atomic mass is 32.2. The van der Waals surface area contributed by atoms with Crippen LogP contribution < -0.4 is 11.0 Å². The summed E-state index contributed by atoms with van der Waals surface area (Å²) in [4.78, 5) is 27.0. The van der Waals surface area contributed by atoms with Crippen LogP contribution in [0.5, 0.6) is 0 Å². The maximum Gasteiger partial charge on any atom is 0.344 e. The molecular weight excluding hydrogens is 410 g/mol. The highest BCUT2D eigenvalue weighted by molar-refractivity contribution is 7.99. The smallest absolute Gasteiger partial charge is 0.344 e. The molecule has 3 aromatic rings. The number of nitrogens with zero attached hydrogens (tertiary/aromatic N) is 3. The van der Waals surface area contributed by atoms with Crippen molar-refractivity contribution in [2.45, 2.75) is 37.1 Å². The van der Waals surface area contributed by atoms with E-state index in [1.165, 1.54) is 17.3 Å². The fourth-order valence-electron chi connectivity index (χ4n) is 3.80. The summed E-state index contributed by atoms with van der Waals surface area (Å²) in [5.74, 6) is 0.219. The fraction of sp³-hybridized carbons (Fsp3) is 0.348. The quantitative estimate of drug-likeness (QED) is 0.529. The highest BCUT2D eigenvalue weighted by Crippen LogP contribution is 2.16. The van der Waals surface area contributed by atoms with Crippen molar-refractivity contribution in [2.24, 2.45) is 0 Å². The summed E-state index contributed by atoms with van der Waals surface area (Å²) in [5.41, 5.74) is 2.07. The van der Waals surface area contributed by atoms with E-state index in [2.05, 4.69) is 44.7 Å². The number of likely N-dealkylation sites (tertiary alicyclic amines) is 1. The lowest BCUT2D eigenvalue weighted by Gasteiger charge is -2.32. The molecule has 0 unspecified atom stereocenters. The molecule has 0 radical (unpaired) electrons. The van der Waals surface area contributed by atoms with Gasteiger partial charge in [-0.15, -0.1) is 5.10 Å². The second-order valence-corrected chi connectivity index (χ2v) is 8.72. The van der Waals surface area contributed by atoms with Gasteiger partial charge >= 0.3 is 5.69 Å². The summed E-state index contributed by atoms with van der Waals surface area (Å²) in [7, 11) is 0. The van der Waals surface area contributed by atoms with E-state index in [4.69, 9.17) is 0 Å². The van der Waals surface area contributed by atoms with E-state index < -0.39 is 0 Å². The SMILES string of the molecule is O=C(CSc1n[nH]c(=O)n1Cc1ccccc1)NC1CCN(Cc2ccccc2)CC1. The zero-order valence-corrected chi connectivity index (χ0v) is 18.2. The van der Waals surface area contributed by atoms with E-state index in [-0.39, 0.29) is 23.4 Å². The molecule has 0 spiro atoms. The number of hydrogen-bond acceptors (Lipinski definition) is 5. The van der Waals surface area contributed by atoms with Gasteiger partial charge < -0.3 is 5.32 Å². The normalized spacial score (nSPS) is 15.1. The van der Waals surface area contributed by atoms with E-state index in [0.29, 0.717) is 11.7 Å². The molecule has 0 aliphatic carbocycles. The average molecular weight is 438 g/mol. The minimum Gasteiger partial charge on any atom is -0.353 e. The van der Waals surface area contributed by atoms with E-state index in [1.54, 1.807) is 4.57 Å². The van der Waals surface area contributed by atoms with Gasteiger partial charge in [0.05, 0.1) is 12.3 Å². The van der Waals surface area contributed by atoms with E-state index in [0.717, 1.165) is 38.0 Å².